The molecule has 0 radical (unpaired) electrons. The molecule has 0 aliphatic carbocycles. The Balaban J connectivity index is 1.49. The molecule has 45 heavy (non-hydrogen) atoms. The third kappa shape index (κ3) is 6.40. The van der Waals surface area contributed by atoms with E-state index in [-0.39, 0.29) is 34.0 Å². The Morgan fingerprint density at radius 1 is 1.04 bits per heavy atom. The highest BCUT2D eigenvalue weighted by Crippen LogP contribution is 2.37. The molecule has 2 aliphatic heterocycles. The van der Waals surface area contributed by atoms with Crippen LogP contribution < -0.4 is 14.9 Å². The first-order chi connectivity index (χ1) is 21.3. The SMILES string of the molecule is COc1ccc(-c2cc(=O)c3c(O)cc(OC4OC(COC(C)=O)C(O)C(O)C4OC4OCC(O)(CO)C4O)cc3o2)cc1O. The highest BCUT2D eigenvalue weighted by atomic mass is 16.8. The van der Waals surface area contributed by atoms with Gasteiger partial charge in [-0.3, -0.25) is 9.59 Å². The molecule has 8 unspecified atom stereocenters. The van der Waals surface area contributed by atoms with Gasteiger partial charge in [-0.05, 0) is 18.2 Å². The van der Waals surface area contributed by atoms with Crippen molar-refractivity contribution in [2.45, 2.75) is 55.6 Å². The van der Waals surface area contributed by atoms with E-state index in [1.54, 1.807) is 0 Å². The van der Waals surface area contributed by atoms with Crippen molar-refractivity contribution in [1.82, 2.24) is 0 Å². The molecule has 2 aliphatic rings. The summed E-state index contributed by atoms with van der Waals surface area (Å²) in [5.41, 5.74) is -2.52. The lowest BCUT2D eigenvalue weighted by Crippen LogP contribution is -2.62. The molecular formula is C29H32O16. The van der Waals surface area contributed by atoms with Crippen LogP contribution in [-0.4, -0.2) is 117 Å². The number of esters is 1. The van der Waals surface area contributed by atoms with Crippen molar-refractivity contribution in [1.29, 1.82) is 0 Å². The maximum Gasteiger partial charge on any atom is 0.302 e. The fourth-order valence-corrected chi connectivity index (χ4v) is 4.98. The first kappa shape index (κ1) is 32.4. The topological polar surface area (TPSA) is 244 Å². The Bertz CT molecular complexity index is 1610. The summed E-state index contributed by atoms with van der Waals surface area (Å²) in [6, 6.07) is 7.72. The van der Waals surface area contributed by atoms with Gasteiger partial charge in [0.05, 0.1) is 20.3 Å². The quantitative estimate of drug-likeness (QED) is 0.141. The number of carbonyl (C=O) groups is 1. The van der Waals surface area contributed by atoms with Gasteiger partial charge < -0.3 is 68.6 Å². The van der Waals surface area contributed by atoms with Crippen molar-refractivity contribution < 1.29 is 73.4 Å². The van der Waals surface area contributed by atoms with E-state index in [0.29, 0.717) is 5.56 Å². The van der Waals surface area contributed by atoms with Crippen molar-refractivity contribution in [3.05, 3.63) is 46.6 Å². The molecule has 8 atom stereocenters. The molecule has 16 heteroatoms. The number of phenols is 2. The second-order valence-electron chi connectivity index (χ2n) is 10.6. The average Bonchev–Trinajstić information content (AvgIpc) is 3.28. The van der Waals surface area contributed by atoms with Gasteiger partial charge in [0.25, 0.3) is 0 Å². The summed E-state index contributed by atoms with van der Waals surface area (Å²) in [7, 11) is 1.37. The van der Waals surface area contributed by atoms with E-state index in [9.17, 15) is 45.3 Å². The number of benzene rings is 2. The number of carbonyl (C=O) groups excluding carboxylic acids is 1. The third-order valence-corrected chi connectivity index (χ3v) is 7.47. The smallest absolute Gasteiger partial charge is 0.302 e. The first-order valence-corrected chi connectivity index (χ1v) is 13.6. The number of hydrogen-bond acceptors (Lipinski definition) is 16. The number of aliphatic hydroxyl groups excluding tert-OH is 4. The molecule has 3 heterocycles. The van der Waals surface area contributed by atoms with Crippen LogP contribution in [0.5, 0.6) is 23.0 Å². The number of hydrogen-bond donors (Lipinski definition) is 7. The largest absolute Gasteiger partial charge is 0.507 e. The fraction of sp³-hybridized carbons (Fsp3) is 0.448. The Labute approximate surface area is 254 Å². The summed E-state index contributed by atoms with van der Waals surface area (Å²) < 4.78 is 38.4. The van der Waals surface area contributed by atoms with Crippen molar-refractivity contribution >= 4 is 16.9 Å². The number of methoxy groups -OCH3 is 1. The lowest BCUT2D eigenvalue weighted by atomic mass is 9.98. The van der Waals surface area contributed by atoms with Crippen LogP contribution in [0.15, 0.2) is 45.6 Å². The fourth-order valence-electron chi connectivity index (χ4n) is 4.98. The first-order valence-electron chi connectivity index (χ1n) is 13.6. The number of aromatic hydroxyl groups is 2. The number of fused-ring (bicyclic) bond motifs is 1. The van der Waals surface area contributed by atoms with Crippen LogP contribution in [0.25, 0.3) is 22.3 Å². The number of phenolic OH excluding ortho intramolecular Hbond substituents is 2. The van der Waals surface area contributed by atoms with Crippen molar-refractivity contribution in [2.75, 3.05) is 26.9 Å². The molecule has 0 bridgehead atoms. The van der Waals surface area contributed by atoms with Crippen LogP contribution >= 0.6 is 0 Å². The van der Waals surface area contributed by atoms with Gasteiger partial charge in [-0.25, -0.2) is 0 Å². The molecule has 5 rings (SSSR count). The molecule has 16 nitrogen and oxygen atoms in total. The average molecular weight is 637 g/mol. The van der Waals surface area contributed by atoms with Crippen LogP contribution in [0.3, 0.4) is 0 Å². The Morgan fingerprint density at radius 3 is 2.44 bits per heavy atom. The normalized spacial score (nSPS) is 29.9. The second kappa shape index (κ2) is 12.8. The van der Waals surface area contributed by atoms with Gasteiger partial charge >= 0.3 is 5.97 Å². The summed E-state index contributed by atoms with van der Waals surface area (Å²) in [6.07, 6.45) is -11.5. The monoisotopic (exact) mass is 636 g/mol. The predicted octanol–water partition coefficient (Wildman–Crippen LogP) is -0.906. The summed E-state index contributed by atoms with van der Waals surface area (Å²) in [5.74, 6) is -1.41. The van der Waals surface area contributed by atoms with Gasteiger partial charge in [0.2, 0.25) is 6.29 Å². The minimum absolute atomic E-state index is 0.0286. The van der Waals surface area contributed by atoms with Crippen LogP contribution in [-0.2, 0) is 23.7 Å². The van der Waals surface area contributed by atoms with Gasteiger partial charge in [0.15, 0.2) is 29.3 Å². The zero-order valence-corrected chi connectivity index (χ0v) is 23.9. The molecule has 0 spiro atoms. The van der Waals surface area contributed by atoms with Crippen molar-refractivity contribution in [2.24, 2.45) is 0 Å². The Kier molecular flexibility index (Phi) is 9.20. The lowest BCUT2D eigenvalue weighted by Gasteiger charge is -2.42. The number of aliphatic hydroxyl groups is 5. The maximum absolute atomic E-state index is 12.9. The summed E-state index contributed by atoms with van der Waals surface area (Å²) >= 11 is 0. The number of ether oxygens (including phenoxy) is 6. The molecule has 244 valence electrons. The molecule has 2 fully saturated rings. The van der Waals surface area contributed by atoms with Gasteiger partial charge in [-0.15, -0.1) is 0 Å². The molecule has 0 amide bonds. The predicted molar refractivity (Wildman–Crippen MR) is 148 cm³/mol. The molecule has 0 saturated carbocycles. The van der Waals surface area contributed by atoms with E-state index in [1.807, 2.05) is 0 Å². The molecule has 3 aromatic rings. The number of rotatable bonds is 9. The molecular weight excluding hydrogens is 604 g/mol. The van der Waals surface area contributed by atoms with Crippen molar-refractivity contribution in [3.63, 3.8) is 0 Å². The van der Waals surface area contributed by atoms with E-state index in [1.165, 1.54) is 31.4 Å². The molecule has 2 saturated heterocycles. The van der Waals surface area contributed by atoms with E-state index in [2.05, 4.69) is 0 Å². The second-order valence-corrected chi connectivity index (χ2v) is 10.6. The van der Waals surface area contributed by atoms with Gasteiger partial charge in [0, 0.05) is 30.7 Å². The summed E-state index contributed by atoms with van der Waals surface area (Å²) in [6.45, 7) is -0.763. The highest BCUT2D eigenvalue weighted by molar-refractivity contribution is 5.86. The maximum atomic E-state index is 12.9. The highest BCUT2D eigenvalue weighted by Gasteiger charge is 2.53. The van der Waals surface area contributed by atoms with Crippen LogP contribution in [0.4, 0.5) is 0 Å². The Morgan fingerprint density at radius 2 is 1.80 bits per heavy atom. The van der Waals surface area contributed by atoms with Crippen LogP contribution in [0.1, 0.15) is 6.92 Å². The van der Waals surface area contributed by atoms with Gasteiger partial charge in [-0.2, -0.15) is 0 Å². The van der Waals surface area contributed by atoms with Crippen molar-refractivity contribution in [3.8, 4) is 34.3 Å². The van der Waals surface area contributed by atoms with Gasteiger partial charge in [-0.1, -0.05) is 0 Å². The molecule has 2 aromatic carbocycles. The van der Waals surface area contributed by atoms with E-state index >= 15 is 0 Å². The summed E-state index contributed by atoms with van der Waals surface area (Å²) in [4.78, 5) is 24.3. The minimum Gasteiger partial charge on any atom is -0.507 e. The molecule has 1 aromatic heterocycles. The van der Waals surface area contributed by atoms with E-state index < -0.39 is 85.7 Å². The zero-order chi connectivity index (χ0) is 32.6. The van der Waals surface area contributed by atoms with Gasteiger partial charge in [0.1, 0.15) is 64.9 Å². The third-order valence-electron chi connectivity index (χ3n) is 7.47. The van der Waals surface area contributed by atoms with Crippen LogP contribution in [0, 0.1) is 0 Å². The standard InChI is InChI=1S/C29H32O16/c1-12(31)40-9-21-23(35)24(36)25(45-28-26(37)29(38,10-30)11-41-28)27(44-21)42-14-6-16(33)22-17(34)8-19(43-20(22)7-14)13-3-4-18(39-2)15(32)5-13/h3-8,21,23-28,30,32-33,35-38H,9-11H2,1-2H3. The van der Waals surface area contributed by atoms with E-state index in [4.69, 9.17) is 32.8 Å². The Hall–Kier alpha value is -4.00. The van der Waals surface area contributed by atoms with E-state index in [0.717, 1.165) is 19.1 Å². The minimum atomic E-state index is -2.07. The zero-order valence-electron chi connectivity index (χ0n) is 23.9. The molecule has 7 N–H and O–H groups in total. The lowest BCUT2D eigenvalue weighted by molar-refractivity contribution is -0.319. The van der Waals surface area contributed by atoms with Crippen LogP contribution in [0.2, 0.25) is 0 Å². The summed E-state index contributed by atoms with van der Waals surface area (Å²) in [5, 5.41) is 72.6.